The van der Waals surface area contributed by atoms with Crippen LogP contribution < -0.4 is 0 Å². The van der Waals surface area contributed by atoms with Gasteiger partial charge in [0, 0.05) is 13.2 Å². The van der Waals surface area contributed by atoms with E-state index in [1.165, 1.54) is 0 Å². The van der Waals surface area contributed by atoms with Crippen LogP contribution in [0.3, 0.4) is 0 Å². The molecule has 1 rings (SSSR count). The van der Waals surface area contributed by atoms with E-state index in [0.717, 1.165) is 0 Å². The molecule has 1 heterocycles. The summed E-state index contributed by atoms with van der Waals surface area (Å²) in [6.07, 6.45) is 5.19. The van der Waals surface area contributed by atoms with Gasteiger partial charge in [-0.15, -0.1) is 0 Å². The lowest BCUT2D eigenvalue weighted by molar-refractivity contribution is 0.397. The number of nitrogens with zero attached hydrogens (tertiary/aromatic N) is 1. The highest BCUT2D eigenvalue weighted by atomic mass is 79.9. The lowest BCUT2D eigenvalue weighted by Gasteiger charge is -2.21. The van der Waals surface area contributed by atoms with E-state index >= 15 is 0 Å². The lowest BCUT2D eigenvalue weighted by atomic mass is 10.3. The van der Waals surface area contributed by atoms with E-state index in [9.17, 15) is 0 Å². The molecule has 0 saturated heterocycles. The number of hydrogen-bond acceptors (Lipinski definition) is 2. The smallest absolute Gasteiger partial charge is 0.115 e. The molecule has 0 spiro atoms. The first kappa shape index (κ1) is 6.68. The molecule has 0 amide bonds. The first-order valence-electron chi connectivity index (χ1n) is 2.65. The van der Waals surface area contributed by atoms with Gasteiger partial charge in [0.1, 0.15) is 10.7 Å². The molecule has 0 unspecified atom stereocenters. The molecule has 50 valence electrons. The second kappa shape index (κ2) is 2.43. The highest BCUT2D eigenvalue weighted by Crippen LogP contribution is 2.14. The number of halogens is 1. The number of aliphatic hydroxyl groups is 1. The number of rotatable bonds is 0. The van der Waals surface area contributed by atoms with Crippen molar-refractivity contribution >= 4 is 15.9 Å². The second-order valence-electron chi connectivity index (χ2n) is 1.95. The van der Waals surface area contributed by atoms with Gasteiger partial charge in [-0.3, -0.25) is 0 Å². The standard InChI is InChI=1S/C6H8BrNO/c1-8-3-2-5(9)4-6(8)7/h2-4,6,9H,1H3/t6-/m0/s1. The molecule has 0 aromatic carbocycles. The molecule has 1 N–H and O–H groups in total. The zero-order chi connectivity index (χ0) is 6.85. The summed E-state index contributed by atoms with van der Waals surface area (Å²) in [7, 11) is 1.93. The molecule has 0 aromatic rings. The van der Waals surface area contributed by atoms with Gasteiger partial charge in [-0.1, -0.05) is 15.9 Å². The monoisotopic (exact) mass is 189 g/mol. The molecule has 0 saturated carbocycles. The Bertz CT molecular complexity index is 164. The molecule has 1 aliphatic heterocycles. The molecule has 2 nitrogen and oxygen atoms in total. The van der Waals surface area contributed by atoms with Crippen molar-refractivity contribution in [2.45, 2.75) is 4.95 Å². The van der Waals surface area contributed by atoms with Crippen LogP contribution in [0.4, 0.5) is 0 Å². The van der Waals surface area contributed by atoms with E-state index in [1.807, 2.05) is 18.1 Å². The van der Waals surface area contributed by atoms with E-state index < -0.39 is 0 Å². The van der Waals surface area contributed by atoms with Crippen molar-refractivity contribution in [2.75, 3.05) is 7.05 Å². The Morgan fingerprint density at radius 2 is 2.44 bits per heavy atom. The zero-order valence-corrected chi connectivity index (χ0v) is 6.67. The van der Waals surface area contributed by atoms with Crippen LogP contribution in [0.2, 0.25) is 0 Å². The van der Waals surface area contributed by atoms with Gasteiger partial charge in [-0.25, -0.2) is 0 Å². The van der Waals surface area contributed by atoms with Crippen LogP contribution in [0.5, 0.6) is 0 Å². The minimum absolute atomic E-state index is 0.127. The number of likely N-dealkylation sites (N-methyl/N-ethyl adjacent to an activating group) is 1. The van der Waals surface area contributed by atoms with E-state index in [0.29, 0.717) is 5.76 Å². The average Bonchev–Trinajstić information content (AvgIpc) is 1.80. The molecule has 9 heavy (non-hydrogen) atoms. The third-order valence-corrected chi connectivity index (χ3v) is 2.09. The molecule has 0 bridgehead atoms. The van der Waals surface area contributed by atoms with Gasteiger partial charge in [-0.05, 0) is 12.2 Å². The molecular weight excluding hydrogens is 182 g/mol. The summed E-state index contributed by atoms with van der Waals surface area (Å²) in [5.41, 5.74) is 0. The maximum Gasteiger partial charge on any atom is 0.115 e. The first-order chi connectivity index (χ1) is 4.20. The van der Waals surface area contributed by atoms with Crippen molar-refractivity contribution in [3.05, 3.63) is 24.1 Å². The highest BCUT2D eigenvalue weighted by molar-refractivity contribution is 9.09. The van der Waals surface area contributed by atoms with Crippen molar-refractivity contribution in [3.8, 4) is 0 Å². The topological polar surface area (TPSA) is 23.5 Å². The Morgan fingerprint density at radius 1 is 1.78 bits per heavy atom. The summed E-state index contributed by atoms with van der Waals surface area (Å²) in [5.74, 6) is 0.315. The van der Waals surface area contributed by atoms with Crippen molar-refractivity contribution in [1.29, 1.82) is 0 Å². The minimum atomic E-state index is 0.127. The average molecular weight is 190 g/mol. The Balaban J connectivity index is 2.70. The van der Waals surface area contributed by atoms with Gasteiger partial charge in [0.25, 0.3) is 0 Å². The quantitative estimate of drug-likeness (QED) is 0.463. The summed E-state index contributed by atoms with van der Waals surface area (Å²) >= 11 is 3.33. The van der Waals surface area contributed by atoms with Crippen LogP contribution >= 0.6 is 15.9 Å². The predicted molar refractivity (Wildman–Crippen MR) is 40.3 cm³/mol. The fourth-order valence-electron chi connectivity index (χ4n) is 0.590. The molecule has 0 radical (unpaired) electrons. The first-order valence-corrected chi connectivity index (χ1v) is 3.57. The summed E-state index contributed by atoms with van der Waals surface area (Å²) in [5, 5.41) is 8.91. The number of aliphatic hydroxyl groups excluding tert-OH is 1. The van der Waals surface area contributed by atoms with Crippen molar-refractivity contribution in [2.24, 2.45) is 0 Å². The Morgan fingerprint density at radius 3 is 2.89 bits per heavy atom. The van der Waals surface area contributed by atoms with Crippen molar-refractivity contribution in [1.82, 2.24) is 4.90 Å². The summed E-state index contributed by atoms with van der Waals surface area (Å²) in [6.45, 7) is 0. The molecule has 0 fully saturated rings. The van der Waals surface area contributed by atoms with Gasteiger partial charge in [-0.2, -0.15) is 0 Å². The van der Waals surface area contributed by atoms with Crippen LogP contribution in [0, 0.1) is 0 Å². The van der Waals surface area contributed by atoms with Gasteiger partial charge in [0.15, 0.2) is 0 Å². The van der Waals surface area contributed by atoms with Crippen LogP contribution in [0.15, 0.2) is 24.1 Å². The van der Waals surface area contributed by atoms with E-state index in [2.05, 4.69) is 15.9 Å². The van der Waals surface area contributed by atoms with Crippen LogP contribution in [-0.4, -0.2) is 22.0 Å². The van der Waals surface area contributed by atoms with Crippen molar-refractivity contribution in [3.63, 3.8) is 0 Å². The largest absolute Gasteiger partial charge is 0.508 e. The number of allylic oxidation sites excluding steroid dienone is 1. The SMILES string of the molecule is CN1C=CC(O)=C[C@H]1Br. The number of alkyl halides is 1. The number of hydrogen-bond donors (Lipinski definition) is 1. The van der Waals surface area contributed by atoms with Crippen molar-refractivity contribution < 1.29 is 5.11 Å². The molecule has 0 aromatic heterocycles. The van der Waals surface area contributed by atoms with Gasteiger partial charge >= 0.3 is 0 Å². The lowest BCUT2D eigenvalue weighted by Crippen LogP contribution is -2.21. The summed E-state index contributed by atoms with van der Waals surface area (Å²) in [6, 6.07) is 0. The van der Waals surface area contributed by atoms with Crippen LogP contribution in [0.1, 0.15) is 0 Å². The highest BCUT2D eigenvalue weighted by Gasteiger charge is 2.07. The predicted octanol–water partition coefficient (Wildman–Crippen LogP) is 1.61. The normalized spacial score (nSPS) is 26.2. The summed E-state index contributed by atoms with van der Waals surface area (Å²) < 4.78 is 0. The maximum atomic E-state index is 8.91. The molecule has 3 heteroatoms. The molecule has 1 aliphatic rings. The van der Waals surface area contributed by atoms with Crippen LogP contribution in [-0.2, 0) is 0 Å². The fraction of sp³-hybridized carbons (Fsp3) is 0.333. The third-order valence-electron chi connectivity index (χ3n) is 1.18. The molecule has 1 atom stereocenters. The van der Waals surface area contributed by atoms with Gasteiger partial charge in [0.2, 0.25) is 0 Å². The van der Waals surface area contributed by atoms with E-state index in [4.69, 9.17) is 5.11 Å². The Kier molecular flexibility index (Phi) is 1.81. The molecular formula is C6H8BrNO. The maximum absolute atomic E-state index is 8.91. The Hall–Kier alpha value is -0.440. The van der Waals surface area contributed by atoms with Gasteiger partial charge in [0.05, 0.1) is 0 Å². The van der Waals surface area contributed by atoms with Crippen LogP contribution in [0.25, 0.3) is 0 Å². The zero-order valence-electron chi connectivity index (χ0n) is 5.08. The van der Waals surface area contributed by atoms with E-state index in [-0.39, 0.29) is 4.95 Å². The molecule has 0 aliphatic carbocycles. The van der Waals surface area contributed by atoms with E-state index in [1.54, 1.807) is 12.2 Å². The van der Waals surface area contributed by atoms with Gasteiger partial charge < -0.3 is 10.0 Å². The second-order valence-corrected chi connectivity index (χ2v) is 2.88. The minimum Gasteiger partial charge on any atom is -0.508 e. The fourth-order valence-corrected chi connectivity index (χ4v) is 0.998. The third kappa shape index (κ3) is 1.48. The Labute approximate surface area is 62.6 Å². The summed E-state index contributed by atoms with van der Waals surface area (Å²) in [4.78, 5) is 2.07.